The summed E-state index contributed by atoms with van der Waals surface area (Å²) in [5.41, 5.74) is 1.55. The van der Waals surface area contributed by atoms with Crippen LogP contribution in [0.4, 0.5) is 0 Å². The lowest BCUT2D eigenvalue weighted by atomic mass is 10.1. The summed E-state index contributed by atoms with van der Waals surface area (Å²) in [6.07, 6.45) is -0.864. The van der Waals surface area contributed by atoms with Gasteiger partial charge < -0.3 is 28.1 Å². The van der Waals surface area contributed by atoms with Crippen LogP contribution < -0.4 is 24.4 Å². The van der Waals surface area contributed by atoms with Gasteiger partial charge in [-0.2, -0.15) is 0 Å². The summed E-state index contributed by atoms with van der Waals surface area (Å²) in [5.74, 6) is 1.48. The Hall–Kier alpha value is -4.46. The molecule has 0 N–H and O–H groups in total. The van der Waals surface area contributed by atoms with Crippen molar-refractivity contribution in [2.45, 2.75) is 19.6 Å². The van der Waals surface area contributed by atoms with Crippen LogP contribution in [0.15, 0.2) is 75.9 Å². The fraction of sp³-hybridized carbons (Fsp3) is 0.214. The van der Waals surface area contributed by atoms with Crippen molar-refractivity contribution in [3.8, 4) is 34.3 Å². The summed E-state index contributed by atoms with van der Waals surface area (Å²) in [6.45, 7) is 1.74. The van der Waals surface area contributed by atoms with Crippen LogP contribution in [0.25, 0.3) is 22.3 Å². The zero-order chi connectivity index (χ0) is 25.7. The zero-order valence-electron chi connectivity index (χ0n) is 20.4. The SMILES string of the molecule is COc1cc(-c2cc(=O)c3cc(OC(C)C(=O)OCc4ccccc4)ccc3o2)cc(OC)c1OC. The van der Waals surface area contributed by atoms with Crippen LogP contribution in [0.3, 0.4) is 0 Å². The third-order valence-electron chi connectivity index (χ3n) is 5.52. The van der Waals surface area contributed by atoms with Crippen molar-refractivity contribution >= 4 is 16.9 Å². The second kappa shape index (κ2) is 10.9. The molecule has 0 aliphatic carbocycles. The summed E-state index contributed by atoms with van der Waals surface area (Å²) in [7, 11) is 4.54. The van der Waals surface area contributed by atoms with E-state index in [0.717, 1.165) is 5.56 Å². The van der Waals surface area contributed by atoms with Gasteiger partial charge in [-0.3, -0.25) is 4.79 Å². The Balaban J connectivity index is 1.55. The predicted molar refractivity (Wildman–Crippen MR) is 134 cm³/mol. The fourth-order valence-corrected chi connectivity index (χ4v) is 3.67. The maximum Gasteiger partial charge on any atom is 0.347 e. The van der Waals surface area contributed by atoms with Crippen LogP contribution in [0.2, 0.25) is 0 Å². The van der Waals surface area contributed by atoms with Crippen LogP contribution in [0.5, 0.6) is 23.0 Å². The average molecular weight is 491 g/mol. The van der Waals surface area contributed by atoms with E-state index in [1.165, 1.54) is 27.4 Å². The molecular formula is C28H26O8. The summed E-state index contributed by atoms with van der Waals surface area (Å²) in [6, 6.07) is 18.9. The third kappa shape index (κ3) is 5.27. The lowest BCUT2D eigenvalue weighted by molar-refractivity contribution is -0.152. The minimum atomic E-state index is -0.864. The van der Waals surface area contributed by atoms with Crippen LogP contribution in [-0.2, 0) is 16.1 Å². The van der Waals surface area contributed by atoms with Gasteiger partial charge in [-0.1, -0.05) is 30.3 Å². The zero-order valence-corrected chi connectivity index (χ0v) is 20.4. The molecule has 4 rings (SSSR count). The Kier molecular flexibility index (Phi) is 7.44. The maximum atomic E-state index is 12.9. The highest BCUT2D eigenvalue weighted by atomic mass is 16.6. The standard InChI is InChI=1S/C28H26O8/c1-17(28(30)34-16-18-8-6-5-7-9-18)35-20-10-11-23-21(14-20)22(29)15-24(36-23)19-12-25(31-2)27(33-4)26(13-19)32-3/h5-15,17H,16H2,1-4H3. The highest BCUT2D eigenvalue weighted by Gasteiger charge is 2.19. The second-order valence-corrected chi connectivity index (χ2v) is 7.90. The van der Waals surface area contributed by atoms with Crippen molar-refractivity contribution < 1.29 is 32.9 Å². The molecule has 0 fully saturated rings. The first kappa shape index (κ1) is 24.7. The number of benzene rings is 3. The lowest BCUT2D eigenvalue weighted by Crippen LogP contribution is -2.26. The summed E-state index contributed by atoms with van der Waals surface area (Å²) < 4.78 is 33.2. The third-order valence-corrected chi connectivity index (χ3v) is 5.52. The van der Waals surface area contributed by atoms with Crippen LogP contribution >= 0.6 is 0 Å². The molecule has 0 amide bonds. The van der Waals surface area contributed by atoms with Gasteiger partial charge in [0.25, 0.3) is 0 Å². The molecule has 186 valence electrons. The van der Waals surface area contributed by atoms with Gasteiger partial charge in [-0.15, -0.1) is 0 Å². The predicted octanol–water partition coefficient (Wildman–Crippen LogP) is 5.00. The van der Waals surface area contributed by atoms with Crippen LogP contribution in [-0.4, -0.2) is 33.4 Å². The summed E-state index contributed by atoms with van der Waals surface area (Å²) in [5, 5.41) is 0.313. The molecule has 0 aliphatic rings. The van der Waals surface area contributed by atoms with Crippen molar-refractivity contribution in [1.82, 2.24) is 0 Å². The molecule has 0 saturated heterocycles. The molecule has 1 unspecified atom stereocenters. The lowest BCUT2D eigenvalue weighted by Gasteiger charge is -2.15. The molecule has 1 atom stereocenters. The van der Waals surface area contributed by atoms with Crippen molar-refractivity contribution in [3.05, 3.63) is 82.5 Å². The van der Waals surface area contributed by atoms with Gasteiger partial charge in [0.15, 0.2) is 23.0 Å². The van der Waals surface area contributed by atoms with Crippen molar-refractivity contribution in [3.63, 3.8) is 0 Å². The molecule has 1 aromatic heterocycles. The quantitative estimate of drug-likeness (QED) is 0.303. The van der Waals surface area contributed by atoms with Crippen LogP contribution in [0, 0.1) is 0 Å². The van der Waals surface area contributed by atoms with Gasteiger partial charge in [0.2, 0.25) is 5.75 Å². The first-order chi connectivity index (χ1) is 17.4. The molecule has 8 nitrogen and oxygen atoms in total. The molecule has 8 heteroatoms. The van der Waals surface area contributed by atoms with Gasteiger partial charge in [-0.25, -0.2) is 4.79 Å². The van der Waals surface area contributed by atoms with Gasteiger partial charge in [0, 0.05) is 11.6 Å². The highest BCUT2D eigenvalue weighted by Crippen LogP contribution is 2.41. The number of fused-ring (bicyclic) bond motifs is 1. The number of rotatable bonds is 9. The first-order valence-corrected chi connectivity index (χ1v) is 11.2. The Labute approximate surface area is 207 Å². The van der Waals surface area contributed by atoms with Gasteiger partial charge >= 0.3 is 5.97 Å². The number of hydrogen-bond donors (Lipinski definition) is 0. The number of ether oxygens (including phenoxy) is 5. The van der Waals surface area contributed by atoms with Crippen molar-refractivity contribution in [1.29, 1.82) is 0 Å². The van der Waals surface area contributed by atoms with E-state index in [0.29, 0.717) is 45.3 Å². The van der Waals surface area contributed by atoms with E-state index in [1.807, 2.05) is 30.3 Å². The number of methoxy groups -OCH3 is 3. The molecule has 0 bridgehead atoms. The Bertz CT molecular complexity index is 1400. The number of carbonyl (C=O) groups excluding carboxylic acids is 1. The second-order valence-electron chi connectivity index (χ2n) is 7.90. The van der Waals surface area contributed by atoms with Gasteiger partial charge in [0.1, 0.15) is 23.7 Å². The molecular weight excluding hydrogens is 464 g/mol. The first-order valence-electron chi connectivity index (χ1n) is 11.2. The Morgan fingerprint density at radius 2 is 1.58 bits per heavy atom. The minimum Gasteiger partial charge on any atom is -0.493 e. The molecule has 1 heterocycles. The number of carbonyl (C=O) groups is 1. The van der Waals surface area contributed by atoms with E-state index in [9.17, 15) is 9.59 Å². The highest BCUT2D eigenvalue weighted by molar-refractivity contribution is 5.81. The van der Waals surface area contributed by atoms with Crippen LogP contribution in [0.1, 0.15) is 12.5 Å². The Morgan fingerprint density at radius 3 is 2.22 bits per heavy atom. The maximum absolute atomic E-state index is 12.9. The van der Waals surface area contributed by atoms with E-state index >= 15 is 0 Å². The number of hydrogen-bond acceptors (Lipinski definition) is 8. The normalized spacial score (nSPS) is 11.6. The number of esters is 1. The average Bonchev–Trinajstić information content (AvgIpc) is 2.91. The van der Waals surface area contributed by atoms with E-state index in [2.05, 4.69) is 0 Å². The fourth-order valence-electron chi connectivity index (χ4n) is 3.67. The largest absolute Gasteiger partial charge is 0.493 e. The van der Waals surface area contributed by atoms with Crippen molar-refractivity contribution in [2.75, 3.05) is 21.3 Å². The molecule has 0 saturated carbocycles. The molecule has 4 aromatic rings. The monoisotopic (exact) mass is 490 g/mol. The molecule has 0 radical (unpaired) electrons. The smallest absolute Gasteiger partial charge is 0.347 e. The van der Waals surface area contributed by atoms with E-state index in [-0.39, 0.29) is 12.0 Å². The summed E-state index contributed by atoms with van der Waals surface area (Å²) in [4.78, 5) is 25.3. The molecule has 0 spiro atoms. The van der Waals surface area contributed by atoms with E-state index < -0.39 is 12.1 Å². The minimum absolute atomic E-state index is 0.151. The summed E-state index contributed by atoms with van der Waals surface area (Å²) >= 11 is 0. The van der Waals surface area contributed by atoms with E-state index in [4.69, 9.17) is 28.1 Å². The molecule has 3 aromatic carbocycles. The topological polar surface area (TPSA) is 93.4 Å². The van der Waals surface area contributed by atoms with E-state index in [1.54, 1.807) is 37.3 Å². The Morgan fingerprint density at radius 1 is 0.889 bits per heavy atom. The van der Waals surface area contributed by atoms with Gasteiger partial charge in [-0.05, 0) is 42.8 Å². The van der Waals surface area contributed by atoms with Crippen molar-refractivity contribution in [2.24, 2.45) is 0 Å². The molecule has 0 aliphatic heterocycles. The molecule has 36 heavy (non-hydrogen) atoms. The van der Waals surface area contributed by atoms with Gasteiger partial charge in [0.05, 0.1) is 26.7 Å².